The van der Waals surface area contributed by atoms with Gasteiger partial charge in [-0.15, -0.1) is 0 Å². The Morgan fingerprint density at radius 3 is 2.95 bits per heavy atom. The minimum Gasteiger partial charge on any atom is -0.490 e. The van der Waals surface area contributed by atoms with Crippen LogP contribution in [0.25, 0.3) is 5.65 Å². The molecular formula is C15H20N2O3. The smallest absolute Gasteiger partial charge is 0.303 e. The zero-order valence-electron chi connectivity index (χ0n) is 11.9. The molecule has 0 fully saturated rings. The molecular weight excluding hydrogens is 256 g/mol. The summed E-state index contributed by atoms with van der Waals surface area (Å²) in [6, 6.07) is 3.81. The normalized spacial score (nSPS) is 11.2. The molecule has 0 unspecified atom stereocenters. The van der Waals surface area contributed by atoms with E-state index >= 15 is 0 Å². The molecule has 20 heavy (non-hydrogen) atoms. The molecule has 0 saturated heterocycles. The molecule has 0 spiro atoms. The molecule has 1 N–H and O–H groups in total. The maximum absolute atomic E-state index is 10.4. The van der Waals surface area contributed by atoms with Gasteiger partial charge in [0.15, 0.2) is 11.4 Å². The fourth-order valence-corrected chi connectivity index (χ4v) is 1.96. The van der Waals surface area contributed by atoms with Crippen LogP contribution in [-0.4, -0.2) is 27.1 Å². The van der Waals surface area contributed by atoms with Crippen molar-refractivity contribution in [1.29, 1.82) is 0 Å². The van der Waals surface area contributed by atoms with Gasteiger partial charge in [0.05, 0.1) is 12.3 Å². The van der Waals surface area contributed by atoms with Gasteiger partial charge in [0.1, 0.15) is 0 Å². The number of ether oxygens (including phenoxy) is 1. The van der Waals surface area contributed by atoms with Crippen molar-refractivity contribution < 1.29 is 14.6 Å². The summed E-state index contributed by atoms with van der Waals surface area (Å²) in [5.41, 5.74) is 1.85. The van der Waals surface area contributed by atoms with Crippen molar-refractivity contribution in [3.8, 4) is 5.75 Å². The van der Waals surface area contributed by atoms with Gasteiger partial charge in [0.2, 0.25) is 0 Å². The lowest BCUT2D eigenvalue weighted by atomic mass is 10.2. The third kappa shape index (κ3) is 3.50. The van der Waals surface area contributed by atoms with Crippen LogP contribution in [0.4, 0.5) is 0 Å². The molecule has 0 bridgehead atoms. The molecule has 5 nitrogen and oxygen atoms in total. The van der Waals surface area contributed by atoms with Crippen molar-refractivity contribution in [2.24, 2.45) is 0 Å². The number of hydrogen-bond acceptors (Lipinski definition) is 3. The van der Waals surface area contributed by atoms with Gasteiger partial charge in [-0.1, -0.05) is 13.8 Å². The molecule has 2 heterocycles. The molecule has 108 valence electrons. The van der Waals surface area contributed by atoms with Crippen molar-refractivity contribution in [1.82, 2.24) is 9.38 Å². The van der Waals surface area contributed by atoms with Crippen molar-refractivity contribution in [3.05, 3.63) is 30.2 Å². The predicted molar refractivity (Wildman–Crippen MR) is 76.3 cm³/mol. The number of unbranched alkanes of at least 4 members (excludes halogenated alkanes) is 1. The minimum absolute atomic E-state index is 0.189. The quantitative estimate of drug-likeness (QED) is 0.789. The summed E-state index contributed by atoms with van der Waals surface area (Å²) in [5, 5.41) is 8.57. The van der Waals surface area contributed by atoms with E-state index in [1.807, 2.05) is 28.9 Å². The van der Waals surface area contributed by atoms with Crippen LogP contribution in [0.3, 0.4) is 0 Å². The molecule has 0 amide bonds. The standard InChI is InChI=1S/C15H20N2O3/c1-11(2)12-10-17-8-5-6-13(15(17)16-12)20-9-4-3-7-14(18)19/h5-6,8,10-11H,3-4,7,9H2,1-2H3,(H,18,19). The molecule has 0 aromatic carbocycles. The molecule has 0 saturated carbocycles. The van der Waals surface area contributed by atoms with E-state index in [0.717, 1.165) is 23.5 Å². The molecule has 5 heteroatoms. The van der Waals surface area contributed by atoms with E-state index in [0.29, 0.717) is 18.9 Å². The number of fused-ring (bicyclic) bond motifs is 1. The van der Waals surface area contributed by atoms with E-state index in [4.69, 9.17) is 9.84 Å². The second-order valence-corrected chi connectivity index (χ2v) is 5.12. The number of carboxylic acids is 1. The summed E-state index contributed by atoms with van der Waals surface area (Å²) in [6.45, 7) is 4.72. The van der Waals surface area contributed by atoms with Crippen molar-refractivity contribution in [2.45, 2.75) is 39.0 Å². The molecule has 2 aromatic heterocycles. The van der Waals surface area contributed by atoms with Gasteiger partial charge >= 0.3 is 5.97 Å². The Bertz CT molecular complexity index is 590. The van der Waals surface area contributed by atoms with Gasteiger partial charge in [0.25, 0.3) is 0 Å². The number of pyridine rings is 1. The number of imidazole rings is 1. The number of hydrogen-bond donors (Lipinski definition) is 1. The highest BCUT2D eigenvalue weighted by molar-refractivity contribution is 5.66. The SMILES string of the molecule is CC(C)c1cn2cccc(OCCCCC(=O)O)c2n1. The first-order valence-corrected chi connectivity index (χ1v) is 6.90. The average molecular weight is 276 g/mol. The topological polar surface area (TPSA) is 63.8 Å². The number of aromatic nitrogens is 2. The fourth-order valence-electron chi connectivity index (χ4n) is 1.96. The monoisotopic (exact) mass is 276 g/mol. The van der Waals surface area contributed by atoms with Crippen LogP contribution in [0, 0.1) is 0 Å². The third-order valence-electron chi connectivity index (χ3n) is 3.10. The first kappa shape index (κ1) is 14.4. The van der Waals surface area contributed by atoms with E-state index in [-0.39, 0.29) is 6.42 Å². The number of aliphatic carboxylic acids is 1. The summed E-state index contributed by atoms with van der Waals surface area (Å²) in [5.74, 6) is 0.356. The number of carboxylic acid groups (broad SMARTS) is 1. The van der Waals surface area contributed by atoms with Gasteiger partial charge in [-0.05, 0) is 30.9 Å². The first-order chi connectivity index (χ1) is 9.58. The summed E-state index contributed by atoms with van der Waals surface area (Å²) in [7, 11) is 0. The largest absolute Gasteiger partial charge is 0.490 e. The van der Waals surface area contributed by atoms with E-state index in [1.54, 1.807) is 0 Å². The average Bonchev–Trinajstić information content (AvgIpc) is 2.83. The zero-order valence-corrected chi connectivity index (χ0v) is 11.9. The Morgan fingerprint density at radius 1 is 1.45 bits per heavy atom. The predicted octanol–water partition coefficient (Wildman–Crippen LogP) is 3.09. The highest BCUT2D eigenvalue weighted by atomic mass is 16.5. The number of carbonyl (C=O) groups is 1. The lowest BCUT2D eigenvalue weighted by Gasteiger charge is -2.06. The Balaban J connectivity index is 2.00. The second kappa shape index (κ2) is 6.41. The summed E-state index contributed by atoms with van der Waals surface area (Å²) in [4.78, 5) is 15.0. The van der Waals surface area contributed by atoms with E-state index in [9.17, 15) is 4.79 Å². The number of nitrogens with zero attached hydrogens (tertiary/aromatic N) is 2. The molecule has 0 atom stereocenters. The molecule has 0 aliphatic rings. The highest BCUT2D eigenvalue weighted by Crippen LogP contribution is 2.22. The molecule has 0 aliphatic heterocycles. The lowest BCUT2D eigenvalue weighted by Crippen LogP contribution is -2.01. The van der Waals surface area contributed by atoms with Crippen LogP contribution in [0.2, 0.25) is 0 Å². The van der Waals surface area contributed by atoms with Crippen molar-refractivity contribution in [2.75, 3.05) is 6.61 Å². The summed E-state index contributed by atoms with van der Waals surface area (Å²) in [6.07, 6.45) is 5.51. The van der Waals surface area contributed by atoms with E-state index < -0.39 is 5.97 Å². The van der Waals surface area contributed by atoms with Crippen LogP contribution >= 0.6 is 0 Å². The number of rotatable bonds is 7. The van der Waals surface area contributed by atoms with Crippen LogP contribution in [-0.2, 0) is 4.79 Å². The van der Waals surface area contributed by atoms with E-state index in [1.165, 1.54) is 0 Å². The Kier molecular flexibility index (Phi) is 4.61. The van der Waals surface area contributed by atoms with Gasteiger partial charge < -0.3 is 14.2 Å². The summed E-state index contributed by atoms with van der Waals surface area (Å²) >= 11 is 0. The van der Waals surface area contributed by atoms with Crippen LogP contribution in [0.15, 0.2) is 24.5 Å². The summed E-state index contributed by atoms with van der Waals surface area (Å²) < 4.78 is 7.68. The van der Waals surface area contributed by atoms with Crippen LogP contribution in [0.1, 0.15) is 44.7 Å². The van der Waals surface area contributed by atoms with Gasteiger partial charge in [-0.3, -0.25) is 4.79 Å². The van der Waals surface area contributed by atoms with Crippen LogP contribution in [0.5, 0.6) is 5.75 Å². The lowest BCUT2D eigenvalue weighted by molar-refractivity contribution is -0.137. The van der Waals surface area contributed by atoms with E-state index in [2.05, 4.69) is 18.8 Å². The minimum atomic E-state index is -0.762. The van der Waals surface area contributed by atoms with Crippen molar-refractivity contribution >= 4 is 11.6 Å². The molecule has 0 radical (unpaired) electrons. The Hall–Kier alpha value is -2.04. The Morgan fingerprint density at radius 2 is 2.25 bits per heavy atom. The molecule has 2 aromatic rings. The van der Waals surface area contributed by atoms with Crippen LogP contribution < -0.4 is 4.74 Å². The van der Waals surface area contributed by atoms with Gasteiger partial charge in [0, 0.05) is 18.8 Å². The highest BCUT2D eigenvalue weighted by Gasteiger charge is 2.09. The van der Waals surface area contributed by atoms with Gasteiger partial charge in [-0.2, -0.15) is 0 Å². The maximum Gasteiger partial charge on any atom is 0.303 e. The second-order valence-electron chi connectivity index (χ2n) is 5.12. The first-order valence-electron chi connectivity index (χ1n) is 6.90. The fraction of sp³-hybridized carbons (Fsp3) is 0.467. The molecule has 0 aliphatic carbocycles. The van der Waals surface area contributed by atoms with Gasteiger partial charge in [-0.25, -0.2) is 4.98 Å². The zero-order chi connectivity index (χ0) is 14.5. The van der Waals surface area contributed by atoms with Crippen molar-refractivity contribution in [3.63, 3.8) is 0 Å². The maximum atomic E-state index is 10.4. The third-order valence-corrected chi connectivity index (χ3v) is 3.10. The Labute approximate surface area is 118 Å². The molecule has 2 rings (SSSR count).